The number of fused-ring (bicyclic) bond motifs is 1. The summed E-state index contributed by atoms with van der Waals surface area (Å²) in [6.45, 7) is 1.86. The predicted octanol–water partition coefficient (Wildman–Crippen LogP) is 3.85. The molecule has 0 aliphatic carbocycles. The Labute approximate surface area is 164 Å². The number of aryl methyl sites for hydroxylation is 1. The van der Waals surface area contributed by atoms with E-state index in [9.17, 15) is 9.59 Å². The minimum atomic E-state index is -0.340. The molecule has 0 fully saturated rings. The first-order chi connectivity index (χ1) is 12.3. The minimum Gasteiger partial charge on any atom is -0.454 e. The van der Waals surface area contributed by atoms with Crippen molar-refractivity contribution in [1.82, 2.24) is 4.90 Å². The van der Waals surface area contributed by atoms with Gasteiger partial charge in [0, 0.05) is 22.8 Å². The maximum atomic E-state index is 12.6. The Hall–Kier alpha value is -2.25. The fraction of sp³-hybridized carbons (Fsp3) is 0.222. The summed E-state index contributed by atoms with van der Waals surface area (Å²) in [5.41, 5.74) is 1.95. The molecule has 2 aromatic carbocycles. The number of carbonyl (C=O) groups is 2. The number of rotatable bonds is 4. The van der Waals surface area contributed by atoms with Gasteiger partial charge in [-0.3, -0.25) is 9.59 Å². The lowest BCUT2D eigenvalue weighted by Crippen LogP contribution is -2.35. The number of anilines is 1. The Morgan fingerprint density at radius 2 is 2.04 bits per heavy atom. The van der Waals surface area contributed by atoms with Crippen LogP contribution in [0.1, 0.15) is 15.9 Å². The Bertz CT molecular complexity index is 888. The number of carbonyl (C=O) groups excluding carboxylic acids is 2. The quantitative estimate of drug-likeness (QED) is 0.786. The highest BCUT2D eigenvalue weighted by Crippen LogP contribution is 2.39. The zero-order valence-corrected chi connectivity index (χ0v) is 16.5. The molecule has 0 bridgehead atoms. The number of amides is 2. The Morgan fingerprint density at radius 3 is 2.77 bits per heavy atom. The third-order valence-corrected chi connectivity index (χ3v) is 4.64. The third-order valence-electron chi connectivity index (χ3n) is 3.86. The lowest BCUT2D eigenvalue weighted by atomic mass is 10.1. The zero-order chi connectivity index (χ0) is 18.8. The standard InChI is InChI=1S/C18H16BrClN2O4/c1-10-5-12(19)3-4-14(10)21-16(23)8-22(2)18(24)11-6-13(20)17-15(7-11)25-9-26-17/h3-7H,8-9H2,1-2H3,(H,21,23). The highest BCUT2D eigenvalue weighted by atomic mass is 79.9. The maximum absolute atomic E-state index is 12.6. The second-order valence-corrected chi connectivity index (χ2v) is 7.18. The van der Waals surface area contributed by atoms with Crippen LogP contribution in [0.5, 0.6) is 11.5 Å². The van der Waals surface area contributed by atoms with Crippen molar-refractivity contribution < 1.29 is 19.1 Å². The number of nitrogens with one attached hydrogen (secondary N) is 1. The molecule has 1 aliphatic heterocycles. The molecule has 26 heavy (non-hydrogen) atoms. The van der Waals surface area contributed by atoms with Gasteiger partial charge in [0.05, 0.1) is 11.6 Å². The van der Waals surface area contributed by atoms with Crippen LogP contribution in [0.3, 0.4) is 0 Å². The van der Waals surface area contributed by atoms with Gasteiger partial charge in [-0.05, 0) is 42.8 Å². The second-order valence-electron chi connectivity index (χ2n) is 5.86. The van der Waals surface area contributed by atoms with Crippen LogP contribution in [-0.4, -0.2) is 37.1 Å². The van der Waals surface area contributed by atoms with Crippen LogP contribution >= 0.6 is 27.5 Å². The highest BCUT2D eigenvalue weighted by Gasteiger charge is 2.23. The van der Waals surface area contributed by atoms with E-state index in [1.165, 1.54) is 11.0 Å². The first-order valence-corrected chi connectivity index (χ1v) is 8.93. The van der Waals surface area contributed by atoms with Crippen LogP contribution in [0.25, 0.3) is 0 Å². The Kier molecular flexibility index (Phi) is 5.38. The Balaban J connectivity index is 1.67. The molecule has 136 valence electrons. The molecule has 0 saturated heterocycles. The summed E-state index contributed by atoms with van der Waals surface area (Å²) in [5.74, 6) is 0.213. The maximum Gasteiger partial charge on any atom is 0.254 e. The van der Waals surface area contributed by atoms with Gasteiger partial charge in [0.1, 0.15) is 0 Å². The van der Waals surface area contributed by atoms with E-state index in [1.807, 2.05) is 19.1 Å². The van der Waals surface area contributed by atoms with E-state index in [1.54, 1.807) is 19.2 Å². The first-order valence-electron chi connectivity index (χ1n) is 7.76. The molecule has 1 N–H and O–H groups in total. The van der Waals surface area contributed by atoms with Gasteiger partial charge < -0.3 is 19.7 Å². The van der Waals surface area contributed by atoms with Crippen LogP contribution in [-0.2, 0) is 4.79 Å². The van der Waals surface area contributed by atoms with Crippen molar-refractivity contribution in [3.63, 3.8) is 0 Å². The average Bonchev–Trinajstić information content (AvgIpc) is 3.05. The lowest BCUT2D eigenvalue weighted by Gasteiger charge is -2.18. The van der Waals surface area contributed by atoms with Gasteiger partial charge >= 0.3 is 0 Å². The van der Waals surface area contributed by atoms with Crippen LogP contribution in [0.4, 0.5) is 5.69 Å². The molecule has 0 saturated carbocycles. The molecule has 0 radical (unpaired) electrons. The number of benzene rings is 2. The fourth-order valence-electron chi connectivity index (χ4n) is 2.56. The third kappa shape index (κ3) is 3.94. The smallest absolute Gasteiger partial charge is 0.254 e. The van der Waals surface area contributed by atoms with Crippen molar-refractivity contribution in [3.05, 3.63) is 51.0 Å². The van der Waals surface area contributed by atoms with Gasteiger partial charge in [-0.25, -0.2) is 0 Å². The zero-order valence-electron chi connectivity index (χ0n) is 14.1. The molecule has 1 aliphatic rings. The fourth-order valence-corrected chi connectivity index (χ4v) is 3.30. The molecule has 2 amide bonds. The molecule has 0 unspecified atom stereocenters. The lowest BCUT2D eigenvalue weighted by molar-refractivity contribution is -0.116. The molecule has 2 aromatic rings. The summed E-state index contributed by atoms with van der Waals surface area (Å²) >= 11 is 9.49. The van der Waals surface area contributed by atoms with Crippen molar-refractivity contribution in [2.24, 2.45) is 0 Å². The molecular formula is C18H16BrClN2O4. The highest BCUT2D eigenvalue weighted by molar-refractivity contribution is 9.10. The van der Waals surface area contributed by atoms with Crippen LogP contribution in [0.15, 0.2) is 34.8 Å². The average molecular weight is 440 g/mol. The number of nitrogens with zero attached hydrogens (tertiary/aromatic N) is 1. The van der Waals surface area contributed by atoms with Gasteiger partial charge in [0.15, 0.2) is 11.5 Å². The number of hydrogen-bond acceptors (Lipinski definition) is 4. The summed E-state index contributed by atoms with van der Waals surface area (Å²) in [7, 11) is 1.55. The van der Waals surface area contributed by atoms with E-state index < -0.39 is 0 Å². The largest absolute Gasteiger partial charge is 0.454 e. The van der Waals surface area contributed by atoms with E-state index in [2.05, 4.69) is 21.2 Å². The van der Waals surface area contributed by atoms with Gasteiger partial charge in [0.2, 0.25) is 12.7 Å². The molecule has 1 heterocycles. The number of halogens is 2. The number of likely N-dealkylation sites (N-methyl/N-ethyl adjacent to an activating group) is 1. The number of hydrogen-bond donors (Lipinski definition) is 1. The summed E-state index contributed by atoms with van der Waals surface area (Å²) in [6, 6.07) is 8.61. The summed E-state index contributed by atoms with van der Waals surface area (Å²) in [6.07, 6.45) is 0. The Morgan fingerprint density at radius 1 is 1.27 bits per heavy atom. The van der Waals surface area contributed by atoms with Crippen molar-refractivity contribution in [1.29, 1.82) is 0 Å². The van der Waals surface area contributed by atoms with Crippen molar-refractivity contribution in [2.75, 3.05) is 25.7 Å². The second kappa shape index (κ2) is 7.55. The summed E-state index contributed by atoms with van der Waals surface area (Å²) in [4.78, 5) is 26.2. The molecule has 0 spiro atoms. The van der Waals surface area contributed by atoms with Gasteiger partial charge in [-0.2, -0.15) is 0 Å². The van der Waals surface area contributed by atoms with E-state index >= 15 is 0 Å². The van der Waals surface area contributed by atoms with Crippen molar-refractivity contribution in [2.45, 2.75) is 6.92 Å². The first kappa shape index (κ1) is 18.5. The normalized spacial score (nSPS) is 12.0. The van der Waals surface area contributed by atoms with Crippen LogP contribution < -0.4 is 14.8 Å². The number of ether oxygens (including phenoxy) is 2. The van der Waals surface area contributed by atoms with E-state index in [0.717, 1.165) is 10.0 Å². The van der Waals surface area contributed by atoms with E-state index in [-0.39, 0.29) is 25.2 Å². The topological polar surface area (TPSA) is 67.9 Å². The van der Waals surface area contributed by atoms with Gasteiger partial charge in [-0.15, -0.1) is 0 Å². The monoisotopic (exact) mass is 438 g/mol. The molecule has 3 rings (SSSR count). The molecule has 8 heteroatoms. The van der Waals surface area contributed by atoms with Gasteiger partial charge in [-0.1, -0.05) is 27.5 Å². The van der Waals surface area contributed by atoms with Gasteiger partial charge in [0.25, 0.3) is 5.91 Å². The summed E-state index contributed by atoms with van der Waals surface area (Å²) < 4.78 is 11.4. The van der Waals surface area contributed by atoms with Crippen LogP contribution in [0, 0.1) is 6.92 Å². The van der Waals surface area contributed by atoms with E-state index in [0.29, 0.717) is 27.8 Å². The van der Waals surface area contributed by atoms with E-state index in [4.69, 9.17) is 21.1 Å². The predicted molar refractivity (Wildman–Crippen MR) is 102 cm³/mol. The molecule has 6 nitrogen and oxygen atoms in total. The van der Waals surface area contributed by atoms with Crippen molar-refractivity contribution >= 4 is 45.0 Å². The SMILES string of the molecule is Cc1cc(Br)ccc1NC(=O)CN(C)C(=O)c1cc(Cl)c2c(c1)OCO2. The summed E-state index contributed by atoms with van der Waals surface area (Å²) in [5, 5.41) is 3.10. The molecule has 0 atom stereocenters. The van der Waals surface area contributed by atoms with Crippen LogP contribution in [0.2, 0.25) is 5.02 Å². The minimum absolute atomic E-state index is 0.0669. The van der Waals surface area contributed by atoms with Crippen molar-refractivity contribution in [3.8, 4) is 11.5 Å². The molecule has 0 aromatic heterocycles. The molecular weight excluding hydrogens is 424 g/mol.